The maximum absolute atomic E-state index is 12.3. The van der Waals surface area contributed by atoms with E-state index >= 15 is 0 Å². The lowest BCUT2D eigenvalue weighted by molar-refractivity contribution is 0.102. The zero-order chi connectivity index (χ0) is 16.9. The van der Waals surface area contributed by atoms with Crippen molar-refractivity contribution in [1.82, 2.24) is 14.8 Å². The number of benzene rings is 1. The van der Waals surface area contributed by atoms with Gasteiger partial charge in [-0.2, -0.15) is 5.10 Å². The van der Waals surface area contributed by atoms with Crippen molar-refractivity contribution in [2.45, 2.75) is 0 Å². The molecule has 2 heterocycles. The molecule has 3 aromatic rings. The third kappa shape index (κ3) is 3.19. The first-order chi connectivity index (χ1) is 11.7. The number of rotatable bonds is 5. The highest BCUT2D eigenvalue weighted by molar-refractivity contribution is 6.03. The summed E-state index contributed by atoms with van der Waals surface area (Å²) in [5, 5.41) is 7.03. The Hall–Kier alpha value is -3.35. The fraction of sp³-hybridized carbons (Fsp3) is 0.118. The Bertz CT molecular complexity index is 843. The highest BCUT2D eigenvalue weighted by Gasteiger charge is 2.13. The van der Waals surface area contributed by atoms with Crippen molar-refractivity contribution < 1.29 is 14.3 Å². The number of nitrogens with zero attached hydrogens (tertiary/aromatic N) is 3. The number of aromatic nitrogens is 3. The monoisotopic (exact) mass is 324 g/mol. The third-order valence-corrected chi connectivity index (χ3v) is 3.37. The Labute approximate surface area is 138 Å². The van der Waals surface area contributed by atoms with Gasteiger partial charge in [-0.15, -0.1) is 0 Å². The van der Waals surface area contributed by atoms with E-state index in [2.05, 4.69) is 15.4 Å². The van der Waals surface area contributed by atoms with E-state index in [0.29, 0.717) is 11.6 Å². The van der Waals surface area contributed by atoms with E-state index in [4.69, 9.17) is 9.47 Å². The zero-order valence-electron chi connectivity index (χ0n) is 13.3. The second kappa shape index (κ2) is 6.82. The van der Waals surface area contributed by atoms with Gasteiger partial charge in [-0.25, -0.2) is 9.67 Å². The standard InChI is InChI=1S/C17H16N4O3/c1-23-13-7-5-12(6-8-13)21-11-9-14(20-21)16(22)19-15-4-3-10-18-17(15)24-2/h3-11H,1-2H3,(H,19,22). The van der Waals surface area contributed by atoms with Crippen molar-refractivity contribution >= 4 is 11.6 Å². The van der Waals surface area contributed by atoms with Crippen LogP contribution in [0.4, 0.5) is 5.69 Å². The van der Waals surface area contributed by atoms with Gasteiger partial charge in [0.2, 0.25) is 5.88 Å². The Kier molecular flexibility index (Phi) is 4.42. The number of hydrogen-bond acceptors (Lipinski definition) is 5. The van der Waals surface area contributed by atoms with Crippen LogP contribution >= 0.6 is 0 Å². The summed E-state index contributed by atoms with van der Waals surface area (Å²) < 4.78 is 11.9. The summed E-state index contributed by atoms with van der Waals surface area (Å²) >= 11 is 0. The Balaban J connectivity index is 1.78. The minimum Gasteiger partial charge on any atom is -0.497 e. The molecule has 0 radical (unpaired) electrons. The predicted molar refractivity (Wildman–Crippen MR) is 88.9 cm³/mol. The number of nitrogens with one attached hydrogen (secondary N) is 1. The van der Waals surface area contributed by atoms with Gasteiger partial charge >= 0.3 is 0 Å². The van der Waals surface area contributed by atoms with Gasteiger partial charge in [0.1, 0.15) is 11.4 Å². The molecule has 0 saturated carbocycles. The molecular weight excluding hydrogens is 308 g/mol. The highest BCUT2D eigenvalue weighted by Crippen LogP contribution is 2.20. The topological polar surface area (TPSA) is 78.3 Å². The van der Waals surface area contributed by atoms with Gasteiger partial charge in [0.05, 0.1) is 19.9 Å². The molecule has 0 saturated heterocycles. The number of pyridine rings is 1. The molecule has 1 N–H and O–H groups in total. The molecule has 0 aliphatic carbocycles. The molecule has 0 unspecified atom stereocenters. The maximum Gasteiger partial charge on any atom is 0.276 e. The van der Waals surface area contributed by atoms with Crippen molar-refractivity contribution in [3.63, 3.8) is 0 Å². The maximum atomic E-state index is 12.3. The molecular formula is C17H16N4O3. The van der Waals surface area contributed by atoms with Crippen molar-refractivity contribution in [3.8, 4) is 17.3 Å². The molecule has 0 bridgehead atoms. The number of carbonyl (C=O) groups excluding carboxylic acids is 1. The van der Waals surface area contributed by atoms with Crippen LogP contribution in [0.2, 0.25) is 0 Å². The van der Waals surface area contributed by atoms with Gasteiger partial charge in [-0.05, 0) is 42.5 Å². The summed E-state index contributed by atoms with van der Waals surface area (Å²) in [6.45, 7) is 0. The number of methoxy groups -OCH3 is 2. The van der Waals surface area contributed by atoms with E-state index < -0.39 is 0 Å². The molecule has 0 atom stereocenters. The molecule has 0 fully saturated rings. The lowest BCUT2D eigenvalue weighted by Gasteiger charge is -2.07. The number of amides is 1. The lowest BCUT2D eigenvalue weighted by Crippen LogP contribution is -2.14. The smallest absolute Gasteiger partial charge is 0.276 e. The Morgan fingerprint density at radius 3 is 2.58 bits per heavy atom. The summed E-state index contributed by atoms with van der Waals surface area (Å²) in [5.74, 6) is 0.765. The average molecular weight is 324 g/mol. The van der Waals surface area contributed by atoms with Crippen LogP contribution in [0.15, 0.2) is 54.9 Å². The fourth-order valence-corrected chi connectivity index (χ4v) is 2.16. The molecule has 7 heteroatoms. The first-order valence-corrected chi connectivity index (χ1v) is 7.21. The molecule has 2 aromatic heterocycles. The molecule has 7 nitrogen and oxygen atoms in total. The fourth-order valence-electron chi connectivity index (χ4n) is 2.16. The Morgan fingerprint density at radius 1 is 1.08 bits per heavy atom. The third-order valence-electron chi connectivity index (χ3n) is 3.37. The summed E-state index contributed by atoms with van der Waals surface area (Å²) in [6.07, 6.45) is 3.31. The minimum absolute atomic E-state index is 0.289. The van der Waals surface area contributed by atoms with Crippen molar-refractivity contribution in [1.29, 1.82) is 0 Å². The van der Waals surface area contributed by atoms with Crippen molar-refractivity contribution in [2.24, 2.45) is 0 Å². The predicted octanol–water partition coefficient (Wildman–Crippen LogP) is 2.54. The summed E-state index contributed by atoms with van der Waals surface area (Å²) in [7, 11) is 3.11. The van der Waals surface area contributed by atoms with E-state index in [1.165, 1.54) is 7.11 Å². The lowest BCUT2D eigenvalue weighted by atomic mass is 10.3. The molecule has 24 heavy (non-hydrogen) atoms. The van der Waals surface area contributed by atoms with Gasteiger partial charge < -0.3 is 14.8 Å². The van der Waals surface area contributed by atoms with Crippen LogP contribution in [-0.4, -0.2) is 34.9 Å². The van der Waals surface area contributed by atoms with E-state index in [1.807, 2.05) is 24.3 Å². The molecule has 1 amide bonds. The molecule has 3 rings (SSSR count). The van der Waals surface area contributed by atoms with Gasteiger partial charge in [0.15, 0.2) is 5.69 Å². The number of ether oxygens (including phenoxy) is 2. The Morgan fingerprint density at radius 2 is 1.88 bits per heavy atom. The molecule has 1 aromatic carbocycles. The van der Waals surface area contributed by atoms with Gasteiger partial charge in [-0.3, -0.25) is 4.79 Å². The highest BCUT2D eigenvalue weighted by atomic mass is 16.5. The van der Waals surface area contributed by atoms with Crippen molar-refractivity contribution in [2.75, 3.05) is 19.5 Å². The average Bonchev–Trinajstić information content (AvgIpc) is 3.12. The molecule has 0 aliphatic rings. The molecule has 0 spiro atoms. The van der Waals surface area contributed by atoms with Gasteiger partial charge in [0, 0.05) is 12.4 Å². The summed E-state index contributed by atoms with van der Waals surface area (Å²) in [6, 6.07) is 12.4. The molecule has 122 valence electrons. The van der Waals surface area contributed by atoms with Gasteiger partial charge in [-0.1, -0.05) is 0 Å². The number of carbonyl (C=O) groups is 1. The van der Waals surface area contributed by atoms with Crippen LogP contribution in [0, 0.1) is 0 Å². The van der Waals surface area contributed by atoms with Gasteiger partial charge in [0.25, 0.3) is 5.91 Å². The van der Waals surface area contributed by atoms with Crippen LogP contribution in [0.5, 0.6) is 11.6 Å². The van der Waals surface area contributed by atoms with Crippen LogP contribution in [-0.2, 0) is 0 Å². The second-order valence-corrected chi connectivity index (χ2v) is 4.86. The summed E-state index contributed by atoms with van der Waals surface area (Å²) in [5.41, 5.74) is 1.61. The molecule has 0 aliphatic heterocycles. The van der Waals surface area contributed by atoms with E-state index in [0.717, 1.165) is 11.4 Å². The van der Waals surface area contributed by atoms with E-state index in [9.17, 15) is 4.79 Å². The largest absolute Gasteiger partial charge is 0.497 e. The van der Waals surface area contributed by atoms with Crippen molar-refractivity contribution in [3.05, 3.63) is 60.6 Å². The number of anilines is 1. The van der Waals surface area contributed by atoms with Crippen LogP contribution in [0.1, 0.15) is 10.5 Å². The van der Waals surface area contributed by atoms with Crippen LogP contribution in [0.3, 0.4) is 0 Å². The van der Waals surface area contributed by atoms with E-state index in [-0.39, 0.29) is 11.6 Å². The first-order valence-electron chi connectivity index (χ1n) is 7.21. The zero-order valence-corrected chi connectivity index (χ0v) is 13.3. The summed E-state index contributed by atoms with van der Waals surface area (Å²) in [4.78, 5) is 16.4. The normalized spacial score (nSPS) is 10.2. The first kappa shape index (κ1) is 15.5. The van der Waals surface area contributed by atoms with Crippen LogP contribution < -0.4 is 14.8 Å². The van der Waals surface area contributed by atoms with E-state index in [1.54, 1.807) is 42.4 Å². The SMILES string of the molecule is COc1ccc(-n2ccc(C(=O)Nc3cccnc3OC)n2)cc1. The number of hydrogen-bond donors (Lipinski definition) is 1. The quantitative estimate of drug-likeness (QED) is 0.780. The second-order valence-electron chi connectivity index (χ2n) is 4.86. The van der Waals surface area contributed by atoms with Crippen LogP contribution in [0.25, 0.3) is 5.69 Å². The minimum atomic E-state index is -0.339.